The zero-order valence-corrected chi connectivity index (χ0v) is 5.75. The maximum absolute atomic E-state index is 12.4. The van der Waals surface area contributed by atoms with Crippen LogP contribution in [0.5, 0.6) is 0 Å². The van der Waals surface area contributed by atoms with E-state index in [0.717, 1.165) is 12.1 Å². The van der Waals surface area contributed by atoms with Crippen LogP contribution < -0.4 is 5.43 Å². The highest BCUT2D eigenvalue weighted by atomic mass is 19.2. The summed E-state index contributed by atoms with van der Waals surface area (Å²) in [7, 11) is 0. The second kappa shape index (κ2) is 3.12. The van der Waals surface area contributed by atoms with E-state index in [1.54, 1.807) is 5.43 Å². The first-order valence-corrected chi connectivity index (χ1v) is 2.95. The van der Waals surface area contributed by atoms with Crippen molar-refractivity contribution in [3.05, 3.63) is 39.9 Å². The zero-order valence-electron chi connectivity index (χ0n) is 5.75. The minimum Gasteiger partial charge on any atom is -0.235 e. The first-order valence-electron chi connectivity index (χ1n) is 2.95. The molecule has 1 rings (SSSR count). The summed E-state index contributed by atoms with van der Waals surface area (Å²) in [4.78, 5) is 9.84. The largest absolute Gasteiger partial charge is 0.235 e. The van der Waals surface area contributed by atoms with Crippen LogP contribution in [0.3, 0.4) is 0 Å². The SMILES string of the molecule is O=[N+]([O-])Nc1ccc(F)c(F)c1. The molecule has 4 nitrogen and oxygen atoms in total. The van der Waals surface area contributed by atoms with E-state index >= 15 is 0 Å². The van der Waals surface area contributed by atoms with Crippen LogP contribution in [-0.2, 0) is 0 Å². The highest BCUT2D eigenvalue weighted by Gasteiger charge is 2.04. The van der Waals surface area contributed by atoms with Crippen molar-refractivity contribution in [3.8, 4) is 0 Å². The summed E-state index contributed by atoms with van der Waals surface area (Å²) in [6, 6.07) is 2.58. The van der Waals surface area contributed by atoms with Crippen LogP contribution in [0.4, 0.5) is 14.5 Å². The second-order valence-electron chi connectivity index (χ2n) is 2.00. The molecule has 0 unspecified atom stereocenters. The molecule has 0 atom stereocenters. The smallest absolute Gasteiger partial charge is 0.162 e. The maximum Gasteiger partial charge on any atom is 0.162 e. The van der Waals surface area contributed by atoms with Crippen molar-refractivity contribution in [1.29, 1.82) is 0 Å². The van der Waals surface area contributed by atoms with Crippen LogP contribution in [-0.4, -0.2) is 5.03 Å². The van der Waals surface area contributed by atoms with Gasteiger partial charge >= 0.3 is 0 Å². The van der Waals surface area contributed by atoms with Gasteiger partial charge in [0.05, 0.1) is 0 Å². The molecule has 0 aliphatic rings. The van der Waals surface area contributed by atoms with Crippen LogP contribution in [0, 0.1) is 21.7 Å². The zero-order chi connectivity index (χ0) is 9.14. The van der Waals surface area contributed by atoms with Crippen molar-refractivity contribution >= 4 is 5.69 Å². The quantitative estimate of drug-likeness (QED) is 0.546. The highest BCUT2D eigenvalue weighted by molar-refractivity contribution is 5.40. The summed E-state index contributed by atoms with van der Waals surface area (Å²) < 4.78 is 24.7. The molecule has 12 heavy (non-hydrogen) atoms. The average molecular weight is 174 g/mol. The number of hydrogen-bond acceptors (Lipinski definition) is 2. The van der Waals surface area contributed by atoms with Crippen molar-refractivity contribution in [2.75, 3.05) is 5.43 Å². The molecule has 1 aromatic carbocycles. The van der Waals surface area contributed by atoms with E-state index in [9.17, 15) is 18.9 Å². The van der Waals surface area contributed by atoms with E-state index in [1.165, 1.54) is 0 Å². The Balaban J connectivity index is 2.89. The third kappa shape index (κ3) is 1.88. The molecule has 0 saturated carbocycles. The van der Waals surface area contributed by atoms with Crippen molar-refractivity contribution in [2.45, 2.75) is 0 Å². The van der Waals surface area contributed by atoms with E-state index in [0.29, 0.717) is 6.07 Å². The van der Waals surface area contributed by atoms with E-state index in [-0.39, 0.29) is 5.69 Å². The molecule has 0 aliphatic carbocycles. The Bertz CT molecular complexity index is 316. The molecular formula is C6H4F2N2O2. The van der Waals surface area contributed by atoms with Crippen molar-refractivity contribution in [1.82, 2.24) is 0 Å². The van der Waals surface area contributed by atoms with Crippen LogP contribution in [0.15, 0.2) is 18.2 Å². The Morgan fingerprint density at radius 1 is 1.33 bits per heavy atom. The van der Waals surface area contributed by atoms with E-state index in [2.05, 4.69) is 0 Å². The molecule has 1 aromatic rings. The van der Waals surface area contributed by atoms with E-state index in [4.69, 9.17) is 0 Å². The third-order valence-electron chi connectivity index (χ3n) is 1.14. The number of nitrogens with one attached hydrogen (secondary N) is 1. The summed E-state index contributed by atoms with van der Waals surface area (Å²) in [5.41, 5.74) is 1.59. The number of nitro groups is 1. The molecular weight excluding hydrogens is 170 g/mol. The number of nitrogens with zero attached hydrogens (tertiary/aromatic N) is 1. The van der Waals surface area contributed by atoms with Crippen LogP contribution in [0.2, 0.25) is 0 Å². The second-order valence-corrected chi connectivity index (χ2v) is 2.00. The van der Waals surface area contributed by atoms with Crippen molar-refractivity contribution in [3.63, 3.8) is 0 Å². The summed E-state index contributed by atoms with van der Waals surface area (Å²) in [5.74, 6) is -2.16. The number of hydrazine groups is 1. The lowest BCUT2D eigenvalue weighted by Crippen LogP contribution is -2.07. The summed E-state index contributed by atoms with van der Waals surface area (Å²) in [5, 5.41) is 8.99. The Labute approximate surface area is 65.9 Å². The van der Waals surface area contributed by atoms with Gasteiger partial charge in [-0.1, -0.05) is 0 Å². The van der Waals surface area contributed by atoms with Gasteiger partial charge in [-0.2, -0.15) is 0 Å². The molecule has 1 N–H and O–H groups in total. The lowest BCUT2D eigenvalue weighted by Gasteiger charge is -1.96. The fourth-order valence-electron chi connectivity index (χ4n) is 0.671. The van der Waals surface area contributed by atoms with Gasteiger partial charge in [0.15, 0.2) is 16.7 Å². The standard InChI is InChI=1S/C6H4F2N2O2/c7-5-2-1-4(3-6(5)8)9-10(11)12/h1-3,9H. The molecule has 0 aromatic heterocycles. The predicted molar refractivity (Wildman–Crippen MR) is 37.0 cm³/mol. The topological polar surface area (TPSA) is 55.2 Å². The first kappa shape index (κ1) is 8.38. The summed E-state index contributed by atoms with van der Waals surface area (Å²) in [6.45, 7) is 0. The van der Waals surface area contributed by atoms with Crippen LogP contribution in [0.1, 0.15) is 0 Å². The van der Waals surface area contributed by atoms with Gasteiger partial charge in [0.2, 0.25) is 0 Å². The normalized spacial score (nSPS) is 9.50. The number of hydrogen-bond donors (Lipinski definition) is 1. The van der Waals surface area contributed by atoms with Gasteiger partial charge in [-0.15, -0.1) is 5.43 Å². The Hall–Kier alpha value is -1.72. The van der Waals surface area contributed by atoms with Gasteiger partial charge in [-0.25, -0.2) is 18.9 Å². The number of rotatable bonds is 2. The van der Waals surface area contributed by atoms with Crippen molar-refractivity contribution < 1.29 is 13.8 Å². The molecule has 0 spiro atoms. The molecule has 0 heterocycles. The third-order valence-corrected chi connectivity index (χ3v) is 1.14. The number of anilines is 1. The molecule has 0 amide bonds. The molecule has 0 bridgehead atoms. The highest BCUT2D eigenvalue weighted by Crippen LogP contribution is 2.12. The fourth-order valence-corrected chi connectivity index (χ4v) is 0.671. The monoisotopic (exact) mass is 174 g/mol. The molecule has 0 aliphatic heterocycles. The lowest BCUT2D eigenvalue weighted by molar-refractivity contribution is -0.445. The fraction of sp³-hybridized carbons (Fsp3) is 0. The predicted octanol–water partition coefficient (Wildman–Crippen LogP) is 1.57. The summed E-state index contributed by atoms with van der Waals surface area (Å²) in [6.07, 6.45) is 0. The molecule has 0 radical (unpaired) electrons. The number of halogens is 2. The van der Waals surface area contributed by atoms with Gasteiger partial charge < -0.3 is 0 Å². The number of benzene rings is 1. The first-order chi connectivity index (χ1) is 5.59. The van der Waals surface area contributed by atoms with Crippen LogP contribution in [0.25, 0.3) is 0 Å². The van der Waals surface area contributed by atoms with Gasteiger partial charge in [0.25, 0.3) is 0 Å². The minimum absolute atomic E-state index is 0.0982. The molecule has 6 heteroatoms. The van der Waals surface area contributed by atoms with Crippen molar-refractivity contribution in [2.24, 2.45) is 0 Å². The Kier molecular flexibility index (Phi) is 2.18. The summed E-state index contributed by atoms with van der Waals surface area (Å²) >= 11 is 0. The maximum atomic E-state index is 12.4. The van der Waals surface area contributed by atoms with E-state index in [1.807, 2.05) is 0 Å². The minimum atomic E-state index is -1.12. The van der Waals surface area contributed by atoms with Crippen LogP contribution >= 0.6 is 0 Å². The van der Waals surface area contributed by atoms with Gasteiger partial charge in [0, 0.05) is 6.07 Å². The average Bonchev–Trinajstić information content (AvgIpc) is 1.96. The molecule has 0 saturated heterocycles. The molecule has 0 fully saturated rings. The molecule has 64 valence electrons. The van der Waals surface area contributed by atoms with E-state index < -0.39 is 16.7 Å². The lowest BCUT2D eigenvalue weighted by atomic mass is 10.3. The van der Waals surface area contributed by atoms with Gasteiger partial charge in [0.1, 0.15) is 5.69 Å². The Morgan fingerprint density at radius 3 is 2.50 bits per heavy atom. The van der Waals surface area contributed by atoms with Gasteiger partial charge in [-0.05, 0) is 12.1 Å². The Morgan fingerprint density at radius 2 is 2.00 bits per heavy atom. The van der Waals surface area contributed by atoms with Gasteiger partial charge in [-0.3, -0.25) is 0 Å².